The fraction of sp³-hybridized carbons (Fsp3) is 0.438. The molecule has 1 aliphatic rings. The average Bonchev–Trinajstić information content (AvgIpc) is 2.83. The van der Waals surface area contributed by atoms with Crippen molar-refractivity contribution in [2.24, 2.45) is 0 Å². The molecule has 2 heterocycles. The van der Waals surface area contributed by atoms with Gasteiger partial charge in [0, 0.05) is 13.0 Å². The molecule has 0 aliphatic carbocycles. The zero-order valence-corrected chi connectivity index (χ0v) is 13.1. The van der Waals surface area contributed by atoms with Gasteiger partial charge in [-0.05, 0) is 25.0 Å². The number of hydrogen-bond donors (Lipinski definition) is 0. The van der Waals surface area contributed by atoms with Crippen molar-refractivity contribution in [2.75, 3.05) is 13.1 Å². The lowest BCUT2D eigenvalue weighted by Gasteiger charge is -2.18. The Bertz CT molecular complexity index is 650. The van der Waals surface area contributed by atoms with Crippen molar-refractivity contribution in [2.45, 2.75) is 32.3 Å². The van der Waals surface area contributed by atoms with E-state index in [1.807, 2.05) is 24.3 Å². The minimum absolute atomic E-state index is 0.0454. The van der Waals surface area contributed by atoms with Crippen LogP contribution in [0.2, 0.25) is 0 Å². The molecule has 0 unspecified atom stereocenters. The highest BCUT2D eigenvalue weighted by molar-refractivity contribution is 7.18. The Kier molecular flexibility index (Phi) is 4.68. The predicted octanol–water partition coefficient (Wildman–Crippen LogP) is 2.74. The van der Waals surface area contributed by atoms with E-state index in [4.69, 9.17) is 4.74 Å². The number of benzene rings is 1. The van der Waals surface area contributed by atoms with Gasteiger partial charge < -0.3 is 9.64 Å². The molecule has 1 saturated heterocycles. The monoisotopic (exact) mass is 318 g/mol. The molecule has 1 amide bonds. The van der Waals surface area contributed by atoms with Gasteiger partial charge in [0.15, 0.2) is 0 Å². The summed E-state index contributed by atoms with van der Waals surface area (Å²) in [4.78, 5) is 29.8. The molecule has 1 aromatic heterocycles. The van der Waals surface area contributed by atoms with Crippen molar-refractivity contribution >= 4 is 33.4 Å². The van der Waals surface area contributed by atoms with Gasteiger partial charge in [0.2, 0.25) is 5.91 Å². The lowest BCUT2D eigenvalue weighted by atomic mass is 10.2. The molecule has 1 aromatic carbocycles. The van der Waals surface area contributed by atoms with E-state index in [0.29, 0.717) is 13.0 Å². The van der Waals surface area contributed by atoms with Gasteiger partial charge in [0.1, 0.15) is 18.2 Å². The molecule has 0 radical (unpaired) electrons. The fourth-order valence-electron chi connectivity index (χ4n) is 2.53. The summed E-state index contributed by atoms with van der Waals surface area (Å²) in [5.74, 6) is -0.316. The van der Waals surface area contributed by atoms with Crippen LogP contribution in [0.4, 0.5) is 0 Å². The lowest BCUT2D eigenvalue weighted by molar-refractivity contribution is -0.150. The maximum absolute atomic E-state index is 11.9. The van der Waals surface area contributed by atoms with Crippen LogP contribution in [-0.2, 0) is 20.9 Å². The first-order valence-corrected chi connectivity index (χ1v) is 8.32. The van der Waals surface area contributed by atoms with Crippen LogP contribution in [0, 0.1) is 0 Å². The number of ether oxygens (including phenoxy) is 1. The molecule has 0 atom stereocenters. The summed E-state index contributed by atoms with van der Waals surface area (Å²) in [6.07, 6.45) is 3.45. The molecule has 3 rings (SSSR count). The van der Waals surface area contributed by atoms with E-state index in [9.17, 15) is 9.59 Å². The number of likely N-dealkylation sites (tertiary alicyclic amines) is 1. The number of hydrogen-bond acceptors (Lipinski definition) is 5. The maximum Gasteiger partial charge on any atom is 0.326 e. The van der Waals surface area contributed by atoms with Crippen LogP contribution in [0.25, 0.3) is 10.2 Å². The summed E-state index contributed by atoms with van der Waals surface area (Å²) in [6.45, 7) is 0.860. The molecule has 6 heteroatoms. The van der Waals surface area contributed by atoms with Crippen LogP contribution in [0.3, 0.4) is 0 Å². The van der Waals surface area contributed by atoms with Crippen molar-refractivity contribution in [1.82, 2.24) is 9.88 Å². The minimum atomic E-state index is -0.366. The first-order valence-electron chi connectivity index (χ1n) is 7.50. The molecule has 2 aromatic rings. The molecule has 116 valence electrons. The second kappa shape index (κ2) is 6.87. The predicted molar refractivity (Wildman–Crippen MR) is 84.5 cm³/mol. The Balaban J connectivity index is 1.54. The SMILES string of the molecule is O=C(CN1CCCCCC1=O)OCc1nc2ccccc2s1. The van der Waals surface area contributed by atoms with Crippen LogP contribution in [-0.4, -0.2) is 34.8 Å². The van der Waals surface area contributed by atoms with Crippen molar-refractivity contribution in [3.8, 4) is 0 Å². The van der Waals surface area contributed by atoms with Crippen LogP contribution < -0.4 is 0 Å². The number of amides is 1. The number of rotatable bonds is 4. The third-order valence-electron chi connectivity index (χ3n) is 3.69. The second-order valence-corrected chi connectivity index (χ2v) is 6.48. The highest BCUT2D eigenvalue weighted by Crippen LogP contribution is 2.22. The van der Waals surface area contributed by atoms with E-state index >= 15 is 0 Å². The summed E-state index contributed by atoms with van der Waals surface area (Å²) in [6, 6.07) is 7.82. The quantitative estimate of drug-likeness (QED) is 0.813. The Morgan fingerprint density at radius 2 is 2.14 bits per heavy atom. The van der Waals surface area contributed by atoms with E-state index < -0.39 is 0 Å². The standard InChI is InChI=1S/C16H18N2O3S/c19-15-8-2-1-5-9-18(15)10-16(20)21-11-14-17-12-6-3-4-7-13(12)22-14/h3-4,6-7H,1-2,5,8-11H2. The van der Waals surface area contributed by atoms with Crippen molar-refractivity contribution in [3.63, 3.8) is 0 Å². The molecule has 5 nitrogen and oxygen atoms in total. The fourth-order valence-corrected chi connectivity index (χ4v) is 3.41. The van der Waals surface area contributed by atoms with Crippen molar-refractivity contribution in [3.05, 3.63) is 29.3 Å². The summed E-state index contributed by atoms with van der Waals surface area (Å²) in [7, 11) is 0. The van der Waals surface area contributed by atoms with Crippen LogP contribution in [0.1, 0.15) is 30.7 Å². The molecular formula is C16H18N2O3S. The Morgan fingerprint density at radius 1 is 1.27 bits per heavy atom. The Morgan fingerprint density at radius 3 is 3.00 bits per heavy atom. The number of fused-ring (bicyclic) bond motifs is 1. The molecule has 0 spiro atoms. The van der Waals surface area contributed by atoms with Crippen LogP contribution in [0.5, 0.6) is 0 Å². The lowest BCUT2D eigenvalue weighted by Crippen LogP contribution is -2.35. The molecule has 0 N–H and O–H groups in total. The average molecular weight is 318 g/mol. The van der Waals surface area contributed by atoms with E-state index in [-0.39, 0.29) is 25.0 Å². The number of carbonyl (C=O) groups is 2. The van der Waals surface area contributed by atoms with E-state index in [0.717, 1.165) is 34.5 Å². The number of para-hydroxylation sites is 1. The highest BCUT2D eigenvalue weighted by atomic mass is 32.1. The second-order valence-electron chi connectivity index (χ2n) is 5.36. The summed E-state index contributed by atoms with van der Waals surface area (Å²) in [5, 5.41) is 0.775. The van der Waals surface area contributed by atoms with Crippen molar-refractivity contribution < 1.29 is 14.3 Å². The molecule has 22 heavy (non-hydrogen) atoms. The zero-order chi connectivity index (χ0) is 15.4. The topological polar surface area (TPSA) is 59.5 Å². The molecule has 0 bridgehead atoms. The van der Waals surface area contributed by atoms with E-state index in [2.05, 4.69) is 4.98 Å². The molecule has 1 aliphatic heterocycles. The third-order valence-corrected chi connectivity index (χ3v) is 4.70. The molecular weight excluding hydrogens is 300 g/mol. The summed E-state index contributed by atoms with van der Waals surface area (Å²) in [5.41, 5.74) is 0.918. The van der Waals surface area contributed by atoms with Gasteiger partial charge in [-0.1, -0.05) is 18.6 Å². The van der Waals surface area contributed by atoms with Gasteiger partial charge in [0.25, 0.3) is 0 Å². The van der Waals surface area contributed by atoms with Gasteiger partial charge in [-0.3, -0.25) is 9.59 Å². The van der Waals surface area contributed by atoms with Gasteiger partial charge in [-0.2, -0.15) is 0 Å². The first kappa shape index (κ1) is 15.0. The molecule has 1 fully saturated rings. The summed E-state index contributed by atoms with van der Waals surface area (Å²) >= 11 is 1.52. The first-order chi connectivity index (χ1) is 10.7. The van der Waals surface area contributed by atoms with E-state index in [1.165, 1.54) is 11.3 Å². The van der Waals surface area contributed by atoms with Crippen LogP contribution >= 0.6 is 11.3 Å². The van der Waals surface area contributed by atoms with Gasteiger partial charge in [-0.15, -0.1) is 11.3 Å². The highest BCUT2D eigenvalue weighted by Gasteiger charge is 2.20. The normalized spacial score (nSPS) is 15.8. The zero-order valence-electron chi connectivity index (χ0n) is 12.3. The number of nitrogens with zero attached hydrogens (tertiary/aromatic N) is 2. The third kappa shape index (κ3) is 3.62. The maximum atomic E-state index is 11.9. The number of carbonyl (C=O) groups excluding carboxylic acids is 2. The summed E-state index contributed by atoms with van der Waals surface area (Å²) < 4.78 is 6.34. The Labute approximate surface area is 132 Å². The van der Waals surface area contributed by atoms with Gasteiger partial charge in [-0.25, -0.2) is 4.98 Å². The largest absolute Gasteiger partial charge is 0.457 e. The number of esters is 1. The minimum Gasteiger partial charge on any atom is -0.457 e. The van der Waals surface area contributed by atoms with E-state index in [1.54, 1.807) is 4.90 Å². The smallest absolute Gasteiger partial charge is 0.326 e. The molecule has 0 saturated carbocycles. The number of thiazole rings is 1. The Hall–Kier alpha value is -1.95. The number of aromatic nitrogens is 1. The van der Waals surface area contributed by atoms with Crippen LogP contribution in [0.15, 0.2) is 24.3 Å². The van der Waals surface area contributed by atoms with Gasteiger partial charge in [0.05, 0.1) is 10.2 Å². The van der Waals surface area contributed by atoms with Gasteiger partial charge >= 0.3 is 5.97 Å². The van der Waals surface area contributed by atoms with Crippen molar-refractivity contribution in [1.29, 1.82) is 0 Å².